The summed E-state index contributed by atoms with van der Waals surface area (Å²) in [6.45, 7) is 1.99. The van der Waals surface area contributed by atoms with Gasteiger partial charge in [0.1, 0.15) is 5.54 Å². The fraction of sp³-hybridized carbons (Fsp3) is 0.583. The molecule has 20 heavy (non-hydrogen) atoms. The first-order chi connectivity index (χ1) is 9.52. The monoisotopic (exact) mass is 279 g/mol. The van der Waals surface area contributed by atoms with Gasteiger partial charge in [0, 0.05) is 0 Å². The number of hydrogen-bond acceptors (Lipinski definition) is 5. The lowest BCUT2D eigenvalue weighted by Gasteiger charge is -2.36. The van der Waals surface area contributed by atoms with Crippen LogP contribution in [0.3, 0.4) is 0 Å². The first-order valence-electron chi connectivity index (χ1n) is 6.48. The highest BCUT2D eigenvalue weighted by molar-refractivity contribution is 5.92. The van der Waals surface area contributed by atoms with Crippen molar-refractivity contribution in [2.45, 2.75) is 38.1 Å². The fourth-order valence-electron chi connectivity index (χ4n) is 2.57. The molecule has 8 heteroatoms. The van der Waals surface area contributed by atoms with Crippen molar-refractivity contribution in [3.63, 3.8) is 0 Å². The van der Waals surface area contributed by atoms with E-state index < -0.39 is 17.5 Å². The summed E-state index contributed by atoms with van der Waals surface area (Å²) in [4.78, 5) is 27.2. The summed E-state index contributed by atoms with van der Waals surface area (Å²) in [5.41, 5.74) is -1.22. The maximum Gasteiger partial charge on any atom is 0.329 e. The molecule has 1 fully saturated rings. The van der Waals surface area contributed by atoms with Crippen molar-refractivity contribution in [3.05, 3.63) is 12.4 Å². The molecule has 0 bridgehead atoms. The topological polar surface area (TPSA) is 117 Å². The van der Waals surface area contributed by atoms with Crippen molar-refractivity contribution in [2.24, 2.45) is 5.92 Å². The molecule has 2 amide bonds. The third-order valence-electron chi connectivity index (χ3n) is 3.47. The number of carboxylic acid groups (broad SMARTS) is 1. The maximum absolute atomic E-state index is 11.9. The third kappa shape index (κ3) is 3.19. The highest BCUT2D eigenvalue weighted by Gasteiger charge is 2.43. The van der Waals surface area contributed by atoms with Gasteiger partial charge in [0.25, 0.3) is 5.95 Å². The van der Waals surface area contributed by atoms with Gasteiger partial charge in [-0.1, -0.05) is 19.8 Å². The largest absolute Gasteiger partial charge is 0.480 e. The van der Waals surface area contributed by atoms with E-state index in [1.807, 2.05) is 6.92 Å². The van der Waals surface area contributed by atoms with E-state index in [4.69, 9.17) is 0 Å². The predicted molar refractivity (Wildman–Crippen MR) is 70.0 cm³/mol. The Morgan fingerprint density at radius 3 is 2.85 bits per heavy atom. The second-order valence-electron chi connectivity index (χ2n) is 5.13. The molecule has 1 aliphatic rings. The van der Waals surface area contributed by atoms with Gasteiger partial charge in [0.2, 0.25) is 0 Å². The summed E-state index contributed by atoms with van der Waals surface area (Å²) in [5.74, 6) is -0.713. The van der Waals surface area contributed by atoms with Crippen molar-refractivity contribution in [1.82, 2.24) is 20.5 Å². The molecule has 108 valence electrons. The Morgan fingerprint density at radius 2 is 2.25 bits per heavy atom. The number of carboxylic acids is 1. The van der Waals surface area contributed by atoms with Gasteiger partial charge in [0.05, 0.1) is 12.4 Å². The van der Waals surface area contributed by atoms with Crippen molar-refractivity contribution >= 4 is 17.9 Å². The number of hydrogen-bond donors (Lipinski definition) is 3. The van der Waals surface area contributed by atoms with E-state index in [9.17, 15) is 14.7 Å². The van der Waals surface area contributed by atoms with Crippen LogP contribution in [-0.2, 0) is 4.79 Å². The van der Waals surface area contributed by atoms with Gasteiger partial charge < -0.3 is 10.4 Å². The van der Waals surface area contributed by atoms with Crippen LogP contribution in [0.4, 0.5) is 10.7 Å². The molecule has 0 saturated heterocycles. The predicted octanol–water partition coefficient (Wildman–Crippen LogP) is 1.03. The number of aromatic nitrogens is 3. The first-order valence-corrected chi connectivity index (χ1v) is 6.48. The van der Waals surface area contributed by atoms with Crippen molar-refractivity contribution in [1.29, 1.82) is 0 Å². The highest BCUT2D eigenvalue weighted by Crippen LogP contribution is 2.32. The number of amides is 2. The third-order valence-corrected chi connectivity index (χ3v) is 3.47. The van der Waals surface area contributed by atoms with Crippen molar-refractivity contribution < 1.29 is 14.7 Å². The van der Waals surface area contributed by atoms with Crippen LogP contribution >= 0.6 is 0 Å². The molecule has 1 heterocycles. The van der Waals surface area contributed by atoms with Gasteiger partial charge in [0.15, 0.2) is 0 Å². The Hall–Kier alpha value is -2.25. The van der Waals surface area contributed by atoms with Gasteiger partial charge in [-0.05, 0) is 18.8 Å². The molecule has 1 saturated carbocycles. The number of rotatable bonds is 3. The lowest BCUT2D eigenvalue weighted by atomic mass is 9.76. The number of aliphatic carboxylic acids is 1. The molecule has 8 nitrogen and oxygen atoms in total. The lowest BCUT2D eigenvalue weighted by molar-refractivity contribution is -0.146. The van der Waals surface area contributed by atoms with E-state index >= 15 is 0 Å². The second kappa shape index (κ2) is 5.81. The molecule has 0 radical (unpaired) electrons. The molecule has 2 rings (SSSR count). The molecule has 1 aliphatic carbocycles. The average Bonchev–Trinajstić information content (AvgIpc) is 2.39. The zero-order chi connectivity index (χ0) is 14.6. The minimum Gasteiger partial charge on any atom is -0.480 e. The Labute approximate surface area is 116 Å². The smallest absolute Gasteiger partial charge is 0.329 e. The van der Waals surface area contributed by atoms with Crippen LogP contribution in [0, 0.1) is 5.92 Å². The second-order valence-corrected chi connectivity index (χ2v) is 5.13. The molecule has 0 aliphatic heterocycles. The van der Waals surface area contributed by atoms with E-state index in [0.717, 1.165) is 12.8 Å². The summed E-state index contributed by atoms with van der Waals surface area (Å²) < 4.78 is 0. The molecule has 0 aromatic carbocycles. The SMILES string of the molecule is CC1CCCC(NC(=O)Nc2nccnn2)(C(=O)O)C1. The van der Waals surface area contributed by atoms with E-state index in [-0.39, 0.29) is 11.9 Å². The molecule has 3 N–H and O–H groups in total. The summed E-state index contributed by atoms with van der Waals surface area (Å²) >= 11 is 0. The number of nitrogens with zero attached hydrogens (tertiary/aromatic N) is 3. The quantitative estimate of drug-likeness (QED) is 0.760. The molecule has 1 aromatic heterocycles. The van der Waals surface area contributed by atoms with Crippen LogP contribution in [0.5, 0.6) is 0 Å². The number of nitrogens with one attached hydrogen (secondary N) is 2. The molecular formula is C12H17N5O3. The maximum atomic E-state index is 11.9. The summed E-state index contributed by atoms with van der Waals surface area (Å²) in [6.07, 6.45) is 5.36. The van der Waals surface area contributed by atoms with Crippen LogP contribution in [0.25, 0.3) is 0 Å². The van der Waals surface area contributed by atoms with E-state index in [0.29, 0.717) is 12.8 Å². The van der Waals surface area contributed by atoms with Crippen LogP contribution in [0.15, 0.2) is 12.4 Å². The van der Waals surface area contributed by atoms with Gasteiger partial charge in [-0.2, -0.15) is 5.10 Å². The van der Waals surface area contributed by atoms with Crippen LogP contribution in [0.2, 0.25) is 0 Å². The Morgan fingerprint density at radius 1 is 1.45 bits per heavy atom. The standard InChI is InChI=1S/C12H17N5O3/c1-8-3-2-4-12(7-8,9(18)19)16-11(20)15-10-13-5-6-14-17-10/h5-6,8H,2-4,7H2,1H3,(H,18,19)(H2,13,15,16,17,20). The van der Waals surface area contributed by atoms with Crippen LogP contribution in [-0.4, -0.2) is 37.8 Å². The van der Waals surface area contributed by atoms with Gasteiger partial charge in [-0.25, -0.2) is 14.6 Å². The molecule has 2 atom stereocenters. The Kier molecular flexibility index (Phi) is 4.11. The van der Waals surface area contributed by atoms with E-state index in [2.05, 4.69) is 25.8 Å². The summed E-state index contributed by atoms with van der Waals surface area (Å²) in [6, 6.07) is -0.630. The first kappa shape index (κ1) is 14.2. The Balaban J connectivity index is 2.05. The summed E-state index contributed by atoms with van der Waals surface area (Å²) in [7, 11) is 0. The zero-order valence-electron chi connectivity index (χ0n) is 11.2. The number of urea groups is 1. The van der Waals surface area contributed by atoms with Gasteiger partial charge in [-0.15, -0.1) is 5.10 Å². The van der Waals surface area contributed by atoms with Gasteiger partial charge in [-0.3, -0.25) is 5.32 Å². The average molecular weight is 279 g/mol. The molecule has 0 spiro atoms. The van der Waals surface area contributed by atoms with Crippen molar-refractivity contribution in [3.8, 4) is 0 Å². The minimum atomic E-state index is -1.22. The Bertz CT molecular complexity index is 495. The van der Waals surface area contributed by atoms with Crippen LogP contribution < -0.4 is 10.6 Å². The summed E-state index contributed by atoms with van der Waals surface area (Å²) in [5, 5.41) is 21.6. The lowest BCUT2D eigenvalue weighted by Crippen LogP contribution is -2.57. The highest BCUT2D eigenvalue weighted by atomic mass is 16.4. The number of anilines is 1. The van der Waals surface area contributed by atoms with E-state index in [1.54, 1.807) is 0 Å². The number of carbonyl (C=O) groups is 2. The van der Waals surface area contributed by atoms with E-state index in [1.165, 1.54) is 12.4 Å². The fourth-order valence-corrected chi connectivity index (χ4v) is 2.57. The number of carbonyl (C=O) groups excluding carboxylic acids is 1. The van der Waals surface area contributed by atoms with Gasteiger partial charge >= 0.3 is 12.0 Å². The van der Waals surface area contributed by atoms with Crippen LogP contribution in [0.1, 0.15) is 32.6 Å². The zero-order valence-corrected chi connectivity index (χ0v) is 11.2. The molecule has 2 unspecified atom stereocenters. The molecule has 1 aromatic rings. The minimum absolute atomic E-state index is 0.0365. The molecular weight excluding hydrogens is 262 g/mol. The van der Waals surface area contributed by atoms with Crippen molar-refractivity contribution in [2.75, 3.05) is 5.32 Å². The normalized spacial score (nSPS) is 25.8.